The highest BCUT2D eigenvalue weighted by molar-refractivity contribution is 9.10. The lowest BCUT2D eigenvalue weighted by molar-refractivity contribution is -0.113. The Morgan fingerprint density at radius 2 is 1.79 bits per heavy atom. The van der Waals surface area contributed by atoms with Gasteiger partial charge in [-0.1, -0.05) is 22.0 Å². The Bertz CT molecular complexity index is 944. The molecule has 1 aliphatic rings. The van der Waals surface area contributed by atoms with E-state index in [0.29, 0.717) is 33.6 Å². The number of anilines is 1. The number of carbonyl (C=O) groups excluding carboxylic acids is 1. The fourth-order valence-corrected chi connectivity index (χ4v) is 3.54. The van der Waals surface area contributed by atoms with Gasteiger partial charge in [0.25, 0.3) is 5.91 Å². The summed E-state index contributed by atoms with van der Waals surface area (Å²) in [6.07, 6.45) is 0. The highest BCUT2D eigenvalue weighted by Crippen LogP contribution is 2.34. The topological polar surface area (TPSA) is 71.6 Å². The molecule has 0 aliphatic carbocycles. The number of benzene rings is 2. The van der Waals surface area contributed by atoms with E-state index in [9.17, 15) is 4.79 Å². The van der Waals surface area contributed by atoms with Crippen LogP contribution < -0.4 is 25.4 Å². The Morgan fingerprint density at radius 3 is 2.43 bits per heavy atom. The molecular formula is C20H20BrN3O3S. The van der Waals surface area contributed by atoms with Crippen molar-refractivity contribution in [2.75, 3.05) is 19.5 Å². The molecule has 0 saturated heterocycles. The minimum Gasteiger partial charge on any atom is -0.493 e. The molecule has 1 atom stereocenters. The van der Waals surface area contributed by atoms with E-state index in [1.54, 1.807) is 20.3 Å². The van der Waals surface area contributed by atoms with Crippen molar-refractivity contribution in [3.8, 4) is 11.5 Å². The van der Waals surface area contributed by atoms with Crippen LogP contribution in [0.1, 0.15) is 18.5 Å². The van der Waals surface area contributed by atoms with Gasteiger partial charge in [0, 0.05) is 15.9 Å². The molecule has 1 heterocycles. The zero-order valence-corrected chi connectivity index (χ0v) is 18.0. The maximum absolute atomic E-state index is 13.1. The molecule has 1 amide bonds. The summed E-state index contributed by atoms with van der Waals surface area (Å²) in [4.78, 5) is 13.1. The fourth-order valence-electron chi connectivity index (χ4n) is 3.01. The van der Waals surface area contributed by atoms with Crippen LogP contribution in [-0.2, 0) is 4.79 Å². The number of allylic oxidation sites excluding steroid dienone is 1. The maximum atomic E-state index is 13.1. The van der Waals surface area contributed by atoms with Crippen LogP contribution in [0.5, 0.6) is 11.5 Å². The molecule has 0 aromatic heterocycles. The normalized spacial score (nSPS) is 16.1. The third kappa shape index (κ3) is 4.28. The van der Waals surface area contributed by atoms with Crippen LogP contribution in [0, 0.1) is 0 Å². The average molecular weight is 462 g/mol. The van der Waals surface area contributed by atoms with E-state index in [1.807, 2.05) is 43.3 Å². The molecule has 8 heteroatoms. The Balaban J connectivity index is 1.96. The van der Waals surface area contributed by atoms with Gasteiger partial charge < -0.3 is 25.4 Å². The van der Waals surface area contributed by atoms with Gasteiger partial charge in [-0.3, -0.25) is 4.79 Å². The van der Waals surface area contributed by atoms with Crippen LogP contribution >= 0.6 is 28.1 Å². The lowest BCUT2D eigenvalue weighted by Crippen LogP contribution is -2.45. The lowest BCUT2D eigenvalue weighted by atomic mass is 9.94. The van der Waals surface area contributed by atoms with Gasteiger partial charge in [-0.25, -0.2) is 0 Å². The molecule has 28 heavy (non-hydrogen) atoms. The van der Waals surface area contributed by atoms with Crippen molar-refractivity contribution in [1.82, 2.24) is 10.6 Å². The largest absolute Gasteiger partial charge is 0.493 e. The van der Waals surface area contributed by atoms with Crippen molar-refractivity contribution >= 4 is 44.9 Å². The van der Waals surface area contributed by atoms with Gasteiger partial charge in [0.05, 0.1) is 25.8 Å². The van der Waals surface area contributed by atoms with E-state index >= 15 is 0 Å². The quantitative estimate of drug-likeness (QED) is 0.586. The maximum Gasteiger partial charge on any atom is 0.255 e. The van der Waals surface area contributed by atoms with Crippen molar-refractivity contribution in [3.05, 3.63) is 63.8 Å². The molecule has 0 fully saturated rings. The molecule has 0 radical (unpaired) electrons. The summed E-state index contributed by atoms with van der Waals surface area (Å²) in [6, 6.07) is 12.5. The van der Waals surface area contributed by atoms with Gasteiger partial charge in [0.1, 0.15) is 0 Å². The summed E-state index contributed by atoms with van der Waals surface area (Å²) >= 11 is 8.70. The van der Waals surface area contributed by atoms with Crippen LogP contribution in [-0.4, -0.2) is 25.2 Å². The van der Waals surface area contributed by atoms with E-state index < -0.39 is 6.04 Å². The molecule has 146 valence electrons. The van der Waals surface area contributed by atoms with Crippen LogP contribution in [0.25, 0.3) is 0 Å². The van der Waals surface area contributed by atoms with Crippen molar-refractivity contribution in [2.45, 2.75) is 13.0 Å². The van der Waals surface area contributed by atoms with Crippen LogP contribution in [0.4, 0.5) is 5.69 Å². The van der Waals surface area contributed by atoms with E-state index in [2.05, 4.69) is 31.9 Å². The molecule has 2 aromatic carbocycles. The third-order valence-electron chi connectivity index (χ3n) is 4.36. The molecule has 1 aliphatic heterocycles. The fraction of sp³-hybridized carbons (Fsp3) is 0.200. The Hall–Kier alpha value is -2.58. The first-order chi connectivity index (χ1) is 13.4. The predicted molar refractivity (Wildman–Crippen MR) is 117 cm³/mol. The van der Waals surface area contributed by atoms with E-state index in [4.69, 9.17) is 21.7 Å². The van der Waals surface area contributed by atoms with Crippen molar-refractivity contribution < 1.29 is 14.3 Å². The molecule has 2 aromatic rings. The highest BCUT2D eigenvalue weighted by Gasteiger charge is 2.30. The molecule has 0 saturated carbocycles. The van der Waals surface area contributed by atoms with Gasteiger partial charge in [0.2, 0.25) is 0 Å². The van der Waals surface area contributed by atoms with Crippen LogP contribution in [0.3, 0.4) is 0 Å². The molecule has 0 spiro atoms. The SMILES string of the molecule is COc1ccc([C@H]2NC(=S)NC(C)=C2C(=O)Nc2ccc(Br)cc2)cc1OC. The van der Waals surface area contributed by atoms with Gasteiger partial charge in [-0.05, 0) is 61.1 Å². The van der Waals surface area contributed by atoms with E-state index in [1.165, 1.54) is 0 Å². The van der Waals surface area contributed by atoms with Crippen LogP contribution in [0.15, 0.2) is 58.2 Å². The summed E-state index contributed by atoms with van der Waals surface area (Å²) in [5, 5.41) is 9.60. The minimum atomic E-state index is -0.427. The summed E-state index contributed by atoms with van der Waals surface area (Å²) in [6.45, 7) is 1.83. The van der Waals surface area contributed by atoms with Crippen molar-refractivity contribution in [2.24, 2.45) is 0 Å². The van der Waals surface area contributed by atoms with E-state index in [0.717, 1.165) is 10.0 Å². The highest BCUT2D eigenvalue weighted by atomic mass is 79.9. The van der Waals surface area contributed by atoms with Gasteiger partial charge in [-0.15, -0.1) is 0 Å². The molecule has 0 bridgehead atoms. The van der Waals surface area contributed by atoms with Gasteiger partial charge in [-0.2, -0.15) is 0 Å². The smallest absolute Gasteiger partial charge is 0.255 e. The molecule has 6 nitrogen and oxygen atoms in total. The van der Waals surface area contributed by atoms with Crippen molar-refractivity contribution in [3.63, 3.8) is 0 Å². The summed E-state index contributed by atoms with van der Waals surface area (Å²) in [7, 11) is 3.15. The molecular weight excluding hydrogens is 442 g/mol. The molecule has 3 rings (SSSR count). The number of nitrogens with one attached hydrogen (secondary N) is 3. The number of carbonyl (C=O) groups is 1. The summed E-state index contributed by atoms with van der Waals surface area (Å²) in [5.41, 5.74) is 2.77. The number of amides is 1. The number of rotatable bonds is 5. The second-order valence-electron chi connectivity index (χ2n) is 6.15. The molecule has 0 unspecified atom stereocenters. The second-order valence-corrected chi connectivity index (χ2v) is 7.47. The summed E-state index contributed by atoms with van der Waals surface area (Å²) in [5.74, 6) is 0.975. The first-order valence-electron chi connectivity index (χ1n) is 8.50. The number of hydrogen-bond acceptors (Lipinski definition) is 4. The first kappa shape index (κ1) is 20.2. The van der Waals surface area contributed by atoms with Crippen LogP contribution in [0.2, 0.25) is 0 Å². The van der Waals surface area contributed by atoms with Gasteiger partial charge >= 0.3 is 0 Å². The minimum absolute atomic E-state index is 0.220. The number of hydrogen-bond donors (Lipinski definition) is 3. The third-order valence-corrected chi connectivity index (χ3v) is 5.11. The van der Waals surface area contributed by atoms with E-state index in [-0.39, 0.29) is 5.91 Å². The Labute approximate surface area is 177 Å². The van der Waals surface area contributed by atoms with Gasteiger partial charge in [0.15, 0.2) is 16.6 Å². The standard InChI is InChI=1S/C20H20BrN3O3S/c1-11-17(19(25)23-14-7-5-13(21)6-8-14)18(24-20(28)22-11)12-4-9-15(26-2)16(10-12)27-3/h4-10,18H,1-3H3,(H,23,25)(H2,22,24,28)/t18-/m1/s1. The lowest BCUT2D eigenvalue weighted by Gasteiger charge is -2.30. The monoisotopic (exact) mass is 461 g/mol. The average Bonchev–Trinajstić information content (AvgIpc) is 2.68. The summed E-state index contributed by atoms with van der Waals surface area (Å²) < 4.78 is 11.6. The Kier molecular flexibility index (Phi) is 6.21. The zero-order valence-electron chi connectivity index (χ0n) is 15.6. The number of halogens is 1. The van der Waals surface area contributed by atoms with Crippen molar-refractivity contribution in [1.29, 1.82) is 0 Å². The zero-order chi connectivity index (χ0) is 20.3. The second kappa shape index (κ2) is 8.62. The predicted octanol–water partition coefficient (Wildman–Crippen LogP) is 3.90. The number of thiocarbonyl (C=S) groups is 1. The molecule has 3 N–H and O–H groups in total. The number of ether oxygens (including phenoxy) is 2. The Morgan fingerprint density at radius 1 is 1.11 bits per heavy atom. The first-order valence-corrected chi connectivity index (χ1v) is 9.70. The number of methoxy groups -OCH3 is 2.